The SMILES string of the molecule is CN(C)C(CNS(=O)(=O)c1cccc(F)c1)c1cn(C)c2ccccc12. The lowest BCUT2D eigenvalue weighted by Crippen LogP contribution is -2.34. The van der Waals surface area contributed by atoms with Gasteiger partial charge >= 0.3 is 0 Å². The molecule has 0 aliphatic carbocycles. The summed E-state index contributed by atoms with van der Waals surface area (Å²) in [4.78, 5) is 1.89. The normalized spacial score (nSPS) is 13.4. The van der Waals surface area contributed by atoms with Crippen LogP contribution in [0.25, 0.3) is 10.9 Å². The van der Waals surface area contributed by atoms with E-state index in [1.54, 1.807) is 0 Å². The Labute approximate surface area is 153 Å². The Hall–Kier alpha value is -2.22. The summed E-state index contributed by atoms with van der Waals surface area (Å²) in [5.41, 5.74) is 2.12. The smallest absolute Gasteiger partial charge is 0.240 e. The van der Waals surface area contributed by atoms with Crippen molar-refractivity contribution in [2.45, 2.75) is 10.9 Å². The molecule has 0 bridgehead atoms. The van der Waals surface area contributed by atoms with Crippen molar-refractivity contribution < 1.29 is 12.8 Å². The summed E-state index contributed by atoms with van der Waals surface area (Å²) in [6, 6.07) is 12.8. The number of rotatable bonds is 6. The maximum atomic E-state index is 13.4. The second-order valence-corrected chi connectivity index (χ2v) is 8.27. The van der Waals surface area contributed by atoms with Crippen molar-refractivity contribution in [1.29, 1.82) is 0 Å². The van der Waals surface area contributed by atoms with Crippen molar-refractivity contribution in [2.75, 3.05) is 20.6 Å². The molecule has 2 aromatic carbocycles. The number of hydrogen-bond acceptors (Lipinski definition) is 3. The highest BCUT2D eigenvalue weighted by Gasteiger charge is 2.22. The van der Waals surface area contributed by atoms with Crippen LogP contribution in [0.4, 0.5) is 4.39 Å². The van der Waals surface area contributed by atoms with Crippen LogP contribution in [0, 0.1) is 5.82 Å². The van der Waals surface area contributed by atoms with E-state index in [9.17, 15) is 12.8 Å². The molecule has 0 aliphatic rings. The number of hydrogen-bond donors (Lipinski definition) is 1. The Kier molecular flexibility index (Phi) is 5.13. The van der Waals surface area contributed by atoms with Crippen molar-refractivity contribution in [3.8, 4) is 0 Å². The highest BCUT2D eigenvalue weighted by atomic mass is 32.2. The molecule has 1 unspecified atom stereocenters. The van der Waals surface area contributed by atoms with Crippen molar-refractivity contribution in [2.24, 2.45) is 7.05 Å². The van der Waals surface area contributed by atoms with Gasteiger partial charge in [0.2, 0.25) is 10.0 Å². The lowest BCUT2D eigenvalue weighted by molar-refractivity contribution is 0.301. The fourth-order valence-electron chi connectivity index (χ4n) is 3.12. The highest BCUT2D eigenvalue weighted by Crippen LogP contribution is 2.28. The van der Waals surface area contributed by atoms with Gasteiger partial charge in [-0.3, -0.25) is 0 Å². The molecule has 0 saturated heterocycles. The summed E-state index contributed by atoms with van der Waals surface area (Å²) >= 11 is 0. The van der Waals surface area contributed by atoms with Crippen LogP contribution >= 0.6 is 0 Å². The molecule has 0 saturated carbocycles. The lowest BCUT2D eigenvalue weighted by Gasteiger charge is -2.24. The van der Waals surface area contributed by atoms with Crippen molar-refractivity contribution in [1.82, 2.24) is 14.2 Å². The molecule has 3 aromatic rings. The summed E-state index contributed by atoms with van der Waals surface area (Å²) in [5.74, 6) is -0.578. The van der Waals surface area contributed by atoms with E-state index >= 15 is 0 Å². The van der Waals surface area contributed by atoms with E-state index in [0.29, 0.717) is 0 Å². The predicted molar refractivity (Wildman–Crippen MR) is 101 cm³/mol. The van der Waals surface area contributed by atoms with Crippen LogP contribution in [-0.4, -0.2) is 38.5 Å². The average Bonchev–Trinajstić information content (AvgIpc) is 2.92. The zero-order valence-corrected chi connectivity index (χ0v) is 15.8. The number of benzene rings is 2. The molecule has 1 N–H and O–H groups in total. The van der Waals surface area contributed by atoms with Crippen LogP contribution in [-0.2, 0) is 17.1 Å². The minimum atomic E-state index is -3.79. The number of aryl methyl sites for hydroxylation is 1. The number of aromatic nitrogens is 1. The van der Waals surface area contributed by atoms with Gasteiger partial charge in [-0.1, -0.05) is 24.3 Å². The van der Waals surface area contributed by atoms with Gasteiger partial charge in [-0.15, -0.1) is 0 Å². The van der Waals surface area contributed by atoms with E-state index in [-0.39, 0.29) is 17.5 Å². The molecule has 138 valence electrons. The zero-order valence-electron chi connectivity index (χ0n) is 15.0. The monoisotopic (exact) mass is 375 g/mol. The first kappa shape index (κ1) is 18.6. The number of fused-ring (bicyclic) bond motifs is 1. The number of nitrogens with one attached hydrogen (secondary N) is 1. The minimum Gasteiger partial charge on any atom is -0.350 e. The minimum absolute atomic E-state index is 0.0760. The molecule has 3 rings (SSSR count). The van der Waals surface area contributed by atoms with Gasteiger partial charge in [-0.25, -0.2) is 17.5 Å². The Balaban J connectivity index is 1.90. The largest absolute Gasteiger partial charge is 0.350 e. The molecule has 5 nitrogen and oxygen atoms in total. The number of likely N-dealkylation sites (N-methyl/N-ethyl adjacent to an activating group) is 1. The summed E-state index contributed by atoms with van der Waals surface area (Å²) < 4.78 is 43.0. The van der Waals surface area contributed by atoms with Crippen LogP contribution in [0.1, 0.15) is 11.6 Å². The quantitative estimate of drug-likeness (QED) is 0.721. The Morgan fingerprint density at radius 1 is 1.15 bits per heavy atom. The molecule has 0 spiro atoms. The van der Waals surface area contributed by atoms with Gasteiger partial charge in [0.1, 0.15) is 5.82 Å². The van der Waals surface area contributed by atoms with Crippen LogP contribution in [0.3, 0.4) is 0 Å². The van der Waals surface area contributed by atoms with Gasteiger partial charge in [-0.2, -0.15) is 0 Å². The topological polar surface area (TPSA) is 54.3 Å². The summed E-state index contributed by atoms with van der Waals surface area (Å²) in [5, 5.41) is 1.08. The Morgan fingerprint density at radius 3 is 2.58 bits per heavy atom. The molecule has 1 heterocycles. The van der Waals surface area contributed by atoms with Gasteiger partial charge in [-0.05, 0) is 43.9 Å². The molecule has 0 amide bonds. The molecular formula is C19H22FN3O2S. The van der Waals surface area contributed by atoms with Crippen molar-refractivity contribution in [3.63, 3.8) is 0 Å². The van der Waals surface area contributed by atoms with E-state index < -0.39 is 15.8 Å². The van der Waals surface area contributed by atoms with E-state index in [1.165, 1.54) is 18.2 Å². The third-order valence-electron chi connectivity index (χ3n) is 4.48. The number of sulfonamides is 1. The second-order valence-electron chi connectivity index (χ2n) is 6.50. The highest BCUT2D eigenvalue weighted by molar-refractivity contribution is 7.89. The molecule has 0 fully saturated rings. The molecule has 1 atom stereocenters. The van der Waals surface area contributed by atoms with E-state index in [2.05, 4.69) is 4.72 Å². The fraction of sp³-hybridized carbons (Fsp3) is 0.263. The number of para-hydroxylation sites is 1. The molecule has 0 radical (unpaired) electrons. The summed E-state index contributed by atoms with van der Waals surface area (Å²) in [6.07, 6.45) is 2.02. The third kappa shape index (κ3) is 3.65. The van der Waals surface area contributed by atoms with E-state index in [1.807, 2.05) is 61.1 Å². The van der Waals surface area contributed by atoms with E-state index in [4.69, 9.17) is 0 Å². The van der Waals surface area contributed by atoms with Crippen molar-refractivity contribution in [3.05, 3.63) is 66.1 Å². The van der Waals surface area contributed by atoms with Gasteiger partial charge in [0.05, 0.1) is 4.90 Å². The maximum Gasteiger partial charge on any atom is 0.240 e. The van der Waals surface area contributed by atoms with Crippen LogP contribution < -0.4 is 4.72 Å². The predicted octanol–water partition coefficient (Wildman–Crippen LogP) is 2.90. The first-order valence-electron chi connectivity index (χ1n) is 8.25. The number of nitrogens with zero attached hydrogens (tertiary/aromatic N) is 2. The van der Waals surface area contributed by atoms with Gasteiger partial charge in [0.25, 0.3) is 0 Å². The zero-order chi connectivity index (χ0) is 18.9. The summed E-state index contributed by atoms with van der Waals surface area (Å²) in [6.45, 7) is 0.180. The molecule has 0 aliphatic heterocycles. The van der Waals surface area contributed by atoms with Gasteiger partial charge in [0, 0.05) is 36.7 Å². The molecule has 7 heteroatoms. The fourth-order valence-corrected chi connectivity index (χ4v) is 4.18. The van der Waals surface area contributed by atoms with Crippen LogP contribution in [0.15, 0.2) is 59.6 Å². The number of halogens is 1. The van der Waals surface area contributed by atoms with E-state index in [0.717, 1.165) is 22.5 Å². The van der Waals surface area contributed by atoms with Gasteiger partial charge < -0.3 is 9.47 Å². The van der Waals surface area contributed by atoms with Crippen LogP contribution in [0.2, 0.25) is 0 Å². The maximum absolute atomic E-state index is 13.4. The summed E-state index contributed by atoms with van der Waals surface area (Å²) in [7, 11) is 1.99. The second kappa shape index (κ2) is 7.19. The average molecular weight is 375 g/mol. The van der Waals surface area contributed by atoms with Crippen LogP contribution in [0.5, 0.6) is 0 Å². The first-order chi connectivity index (χ1) is 12.3. The molecule has 1 aromatic heterocycles. The lowest BCUT2D eigenvalue weighted by atomic mass is 10.1. The first-order valence-corrected chi connectivity index (χ1v) is 9.73. The van der Waals surface area contributed by atoms with Gasteiger partial charge in [0.15, 0.2) is 0 Å². The molecular weight excluding hydrogens is 353 g/mol. The third-order valence-corrected chi connectivity index (χ3v) is 5.90. The Morgan fingerprint density at radius 2 is 1.88 bits per heavy atom. The Bertz CT molecular complexity index is 1030. The molecule has 26 heavy (non-hydrogen) atoms. The standard InChI is InChI=1S/C19H22FN3O2S/c1-22(2)19(17-13-23(3)18-10-5-4-9-16(17)18)12-21-26(24,25)15-8-6-7-14(20)11-15/h4-11,13,19,21H,12H2,1-3H3. The van der Waals surface area contributed by atoms with Crippen molar-refractivity contribution >= 4 is 20.9 Å².